The van der Waals surface area contributed by atoms with Gasteiger partial charge in [0.25, 0.3) is 0 Å². The number of morpholine rings is 1. The smallest absolute Gasteiger partial charge is 0.220 e. The molecule has 0 aliphatic carbocycles. The molecule has 1 fully saturated rings. The summed E-state index contributed by atoms with van der Waals surface area (Å²) in [5.74, 6) is 1.06. The SMILES string of the molecule is CC(CNC(=O)CCc1ncc(-c2ccc(Cl)cc2Cl)o1)N1CCOCC1. The van der Waals surface area contributed by atoms with Crippen LogP contribution in [0.4, 0.5) is 0 Å². The fourth-order valence-corrected chi connectivity index (χ4v) is 3.46. The number of nitrogens with zero attached hydrogens (tertiary/aromatic N) is 2. The maximum atomic E-state index is 12.1. The first-order valence-electron chi connectivity index (χ1n) is 9.01. The molecule has 1 aromatic heterocycles. The second-order valence-corrected chi connectivity index (χ2v) is 7.39. The lowest BCUT2D eigenvalue weighted by Crippen LogP contribution is -2.47. The van der Waals surface area contributed by atoms with Crippen LogP contribution < -0.4 is 5.32 Å². The van der Waals surface area contributed by atoms with Gasteiger partial charge in [-0.05, 0) is 25.1 Å². The average Bonchev–Trinajstić information content (AvgIpc) is 3.14. The van der Waals surface area contributed by atoms with Gasteiger partial charge in [-0.1, -0.05) is 23.2 Å². The predicted molar refractivity (Wildman–Crippen MR) is 105 cm³/mol. The van der Waals surface area contributed by atoms with E-state index in [1.807, 2.05) is 0 Å². The molecule has 2 aromatic rings. The third-order valence-electron chi connectivity index (χ3n) is 4.58. The van der Waals surface area contributed by atoms with E-state index < -0.39 is 0 Å². The van der Waals surface area contributed by atoms with Crippen LogP contribution in [0.2, 0.25) is 10.0 Å². The number of rotatable bonds is 7. The van der Waals surface area contributed by atoms with Gasteiger partial charge in [-0.2, -0.15) is 0 Å². The van der Waals surface area contributed by atoms with Crippen LogP contribution in [0.25, 0.3) is 11.3 Å². The Bertz CT molecular complexity index is 775. The molecular weight excluding hydrogens is 389 g/mol. The van der Waals surface area contributed by atoms with Crippen molar-refractivity contribution >= 4 is 29.1 Å². The van der Waals surface area contributed by atoms with Crippen molar-refractivity contribution < 1.29 is 13.9 Å². The minimum Gasteiger partial charge on any atom is -0.441 e. The second-order valence-electron chi connectivity index (χ2n) is 6.54. The van der Waals surface area contributed by atoms with Crippen molar-refractivity contribution in [2.24, 2.45) is 0 Å². The van der Waals surface area contributed by atoms with Crippen molar-refractivity contribution in [1.82, 2.24) is 15.2 Å². The van der Waals surface area contributed by atoms with Gasteiger partial charge in [-0.25, -0.2) is 4.98 Å². The number of carbonyl (C=O) groups excluding carboxylic acids is 1. The summed E-state index contributed by atoms with van der Waals surface area (Å²) in [5, 5.41) is 4.04. The summed E-state index contributed by atoms with van der Waals surface area (Å²) in [7, 11) is 0. The number of oxazole rings is 1. The lowest BCUT2D eigenvalue weighted by atomic mass is 10.2. The average molecular weight is 412 g/mol. The quantitative estimate of drug-likeness (QED) is 0.755. The largest absolute Gasteiger partial charge is 0.441 e. The molecule has 3 rings (SSSR count). The van der Waals surface area contributed by atoms with E-state index in [2.05, 4.69) is 22.1 Å². The van der Waals surface area contributed by atoms with E-state index >= 15 is 0 Å². The summed E-state index contributed by atoms with van der Waals surface area (Å²) in [6.07, 6.45) is 2.37. The molecule has 1 aliphatic heterocycles. The van der Waals surface area contributed by atoms with E-state index in [-0.39, 0.29) is 5.91 Å². The Morgan fingerprint density at radius 2 is 2.11 bits per heavy atom. The highest BCUT2D eigenvalue weighted by Gasteiger charge is 2.18. The molecule has 0 saturated carbocycles. The molecule has 27 heavy (non-hydrogen) atoms. The minimum atomic E-state index is -0.0145. The van der Waals surface area contributed by atoms with Gasteiger partial charge in [-0.3, -0.25) is 9.69 Å². The minimum absolute atomic E-state index is 0.0145. The van der Waals surface area contributed by atoms with E-state index in [1.54, 1.807) is 24.4 Å². The Kier molecular flexibility index (Phi) is 7.13. The van der Waals surface area contributed by atoms with Crippen LogP contribution in [0.15, 0.2) is 28.8 Å². The summed E-state index contributed by atoms with van der Waals surface area (Å²) >= 11 is 12.1. The maximum Gasteiger partial charge on any atom is 0.220 e. The third-order valence-corrected chi connectivity index (χ3v) is 5.13. The first kappa shape index (κ1) is 20.1. The number of aryl methyl sites for hydroxylation is 1. The van der Waals surface area contributed by atoms with Gasteiger partial charge in [0.15, 0.2) is 11.7 Å². The number of halogens is 2. The number of hydrogen-bond acceptors (Lipinski definition) is 5. The summed E-state index contributed by atoms with van der Waals surface area (Å²) in [5.41, 5.74) is 0.726. The number of aromatic nitrogens is 1. The van der Waals surface area contributed by atoms with Crippen LogP contribution in [0.1, 0.15) is 19.2 Å². The van der Waals surface area contributed by atoms with Gasteiger partial charge >= 0.3 is 0 Å². The van der Waals surface area contributed by atoms with Gasteiger partial charge in [-0.15, -0.1) is 0 Å². The molecule has 0 spiro atoms. The molecule has 1 saturated heterocycles. The summed E-state index contributed by atoms with van der Waals surface area (Å²) in [6.45, 7) is 6.05. The zero-order chi connectivity index (χ0) is 19.2. The Hall–Kier alpha value is -1.60. The van der Waals surface area contributed by atoms with Gasteiger partial charge < -0.3 is 14.5 Å². The summed E-state index contributed by atoms with van der Waals surface area (Å²) in [6, 6.07) is 5.48. The number of carbonyl (C=O) groups is 1. The molecule has 6 nitrogen and oxygen atoms in total. The Morgan fingerprint density at radius 1 is 1.33 bits per heavy atom. The molecule has 0 bridgehead atoms. The van der Waals surface area contributed by atoms with E-state index in [1.165, 1.54) is 0 Å². The van der Waals surface area contributed by atoms with Crippen molar-refractivity contribution in [3.05, 3.63) is 40.3 Å². The first-order valence-corrected chi connectivity index (χ1v) is 9.77. The molecule has 1 N–H and O–H groups in total. The number of benzene rings is 1. The van der Waals surface area contributed by atoms with E-state index in [9.17, 15) is 4.79 Å². The second kappa shape index (κ2) is 9.55. The fourth-order valence-electron chi connectivity index (χ4n) is 2.96. The van der Waals surface area contributed by atoms with Crippen molar-refractivity contribution in [2.75, 3.05) is 32.8 Å². The molecule has 0 radical (unpaired) electrons. The highest BCUT2D eigenvalue weighted by atomic mass is 35.5. The highest BCUT2D eigenvalue weighted by molar-refractivity contribution is 6.36. The Morgan fingerprint density at radius 3 is 2.85 bits per heavy atom. The molecule has 1 amide bonds. The highest BCUT2D eigenvalue weighted by Crippen LogP contribution is 2.30. The van der Waals surface area contributed by atoms with Crippen molar-refractivity contribution in [3.8, 4) is 11.3 Å². The van der Waals surface area contributed by atoms with Gasteiger partial charge in [0, 0.05) is 49.1 Å². The van der Waals surface area contributed by atoms with Crippen LogP contribution in [-0.4, -0.2) is 54.7 Å². The molecular formula is C19H23Cl2N3O3. The van der Waals surface area contributed by atoms with Crippen molar-refractivity contribution in [1.29, 1.82) is 0 Å². The number of ether oxygens (including phenoxy) is 1. The molecule has 1 aliphatic rings. The maximum absolute atomic E-state index is 12.1. The normalized spacial score (nSPS) is 16.3. The first-order chi connectivity index (χ1) is 13.0. The van der Waals surface area contributed by atoms with Crippen LogP contribution in [0.3, 0.4) is 0 Å². The third kappa shape index (κ3) is 5.69. The summed E-state index contributed by atoms with van der Waals surface area (Å²) in [4.78, 5) is 18.7. The number of amides is 1. The molecule has 1 atom stereocenters. The lowest BCUT2D eigenvalue weighted by Gasteiger charge is -2.32. The van der Waals surface area contributed by atoms with Gasteiger partial charge in [0.1, 0.15) is 0 Å². The van der Waals surface area contributed by atoms with Crippen LogP contribution in [0.5, 0.6) is 0 Å². The molecule has 1 aromatic carbocycles. The van der Waals surface area contributed by atoms with E-state index in [0.717, 1.165) is 31.9 Å². The molecule has 2 heterocycles. The molecule has 1 unspecified atom stereocenters. The topological polar surface area (TPSA) is 67.6 Å². The summed E-state index contributed by atoms with van der Waals surface area (Å²) < 4.78 is 11.1. The fraction of sp³-hybridized carbons (Fsp3) is 0.474. The lowest BCUT2D eigenvalue weighted by molar-refractivity contribution is -0.121. The number of nitrogens with one attached hydrogen (secondary N) is 1. The van der Waals surface area contributed by atoms with Gasteiger partial charge in [0.2, 0.25) is 5.91 Å². The van der Waals surface area contributed by atoms with Crippen LogP contribution in [0, 0.1) is 0 Å². The zero-order valence-electron chi connectivity index (χ0n) is 15.2. The standard InChI is InChI=1S/C19H23Cl2N3O3/c1-13(24-6-8-26-9-7-24)11-22-18(25)4-5-19-23-12-17(27-19)15-3-2-14(20)10-16(15)21/h2-3,10,12-13H,4-9,11H2,1H3,(H,22,25). The molecule has 146 valence electrons. The van der Waals surface area contributed by atoms with Crippen molar-refractivity contribution in [3.63, 3.8) is 0 Å². The van der Waals surface area contributed by atoms with Crippen LogP contribution in [-0.2, 0) is 16.0 Å². The van der Waals surface area contributed by atoms with E-state index in [4.69, 9.17) is 32.4 Å². The van der Waals surface area contributed by atoms with E-state index in [0.29, 0.717) is 47.1 Å². The van der Waals surface area contributed by atoms with Crippen LogP contribution >= 0.6 is 23.2 Å². The Labute approximate surface area is 168 Å². The molecule has 8 heteroatoms. The Balaban J connectivity index is 1.46. The monoisotopic (exact) mass is 411 g/mol. The van der Waals surface area contributed by atoms with Gasteiger partial charge in [0.05, 0.1) is 24.4 Å². The zero-order valence-corrected chi connectivity index (χ0v) is 16.7. The van der Waals surface area contributed by atoms with Crippen molar-refractivity contribution in [2.45, 2.75) is 25.8 Å². The number of hydrogen-bond donors (Lipinski definition) is 1. The predicted octanol–water partition coefficient (Wildman–Crippen LogP) is 3.42.